The number of likely N-dealkylation sites (N-methyl/N-ethyl adjacent to an activating group) is 1. The predicted molar refractivity (Wildman–Crippen MR) is 90.5 cm³/mol. The molecule has 0 radical (unpaired) electrons. The molecular weight excluding hydrogens is 503 g/mol. The molecule has 3 nitrogen and oxygen atoms in total. The standard InChI is InChI=1S/C13H18Br2N2O.BrH.Cu/c1-3-17(4-2)6-5-16-9-10-7-11(14)8-12(15)13(10)18;;/h7-9,18H,3-6H2,1-2H3;1H;/q;;+2/p-2. The Bertz CT molecular complexity index is 426. The molecule has 1 rings (SSSR count). The van der Waals surface area contributed by atoms with Gasteiger partial charge in [0.1, 0.15) is 0 Å². The normalized spacial score (nSPS) is 10.8. The summed E-state index contributed by atoms with van der Waals surface area (Å²) in [5, 5.41) is 11.8. The Kier molecular flexibility index (Phi) is 12.6. The van der Waals surface area contributed by atoms with E-state index < -0.39 is 0 Å². The van der Waals surface area contributed by atoms with E-state index in [2.05, 4.69) is 83.9 Å². The first-order valence-corrected chi connectivity index (χ1v) is 9.99. The van der Waals surface area contributed by atoms with Crippen LogP contribution in [0.1, 0.15) is 19.4 Å². The van der Waals surface area contributed by atoms with Gasteiger partial charge in [-0.25, -0.2) is 0 Å². The monoisotopic (exact) mass is 517 g/mol. The molecule has 0 aliphatic heterocycles. The minimum absolute atomic E-state index is 0.0233. The second-order valence-corrected chi connectivity index (χ2v) is 5.64. The summed E-state index contributed by atoms with van der Waals surface area (Å²) in [6.45, 7) is 7.96. The quantitative estimate of drug-likeness (QED) is 0.422. The van der Waals surface area contributed by atoms with E-state index in [-0.39, 0.29) is 5.75 Å². The van der Waals surface area contributed by atoms with Gasteiger partial charge in [-0.05, 0) is 30.8 Å². The average molecular weight is 521 g/mol. The molecule has 1 aromatic rings. The maximum absolute atomic E-state index is 11.8. The molecule has 0 fully saturated rings. The van der Waals surface area contributed by atoms with E-state index in [4.69, 9.17) is 0 Å². The third-order valence-electron chi connectivity index (χ3n) is 2.71. The first-order valence-electron chi connectivity index (χ1n) is 6.08. The van der Waals surface area contributed by atoms with Gasteiger partial charge in [-0.15, -0.1) is 0 Å². The van der Waals surface area contributed by atoms with Crippen LogP contribution in [0.15, 0.2) is 26.1 Å². The number of benzene rings is 1. The molecule has 0 aromatic heterocycles. The van der Waals surface area contributed by atoms with Crippen molar-refractivity contribution in [3.8, 4) is 5.75 Å². The van der Waals surface area contributed by atoms with Gasteiger partial charge in [0.05, 0.1) is 6.54 Å². The third-order valence-corrected chi connectivity index (χ3v) is 3.75. The minimum atomic E-state index is -0.0233. The SMILES string of the molecule is CCN(CC)CCN=Cc1cc(Br)cc(Br)c1[O-].[Cu+][Br]. The fourth-order valence-corrected chi connectivity index (χ4v) is 2.84. The number of hydrogen-bond donors (Lipinski definition) is 0. The Morgan fingerprint density at radius 2 is 1.85 bits per heavy atom. The van der Waals surface area contributed by atoms with Crippen LogP contribution in [0.2, 0.25) is 0 Å². The van der Waals surface area contributed by atoms with Gasteiger partial charge in [-0.3, -0.25) is 4.99 Å². The number of halogens is 3. The summed E-state index contributed by atoms with van der Waals surface area (Å²) < 4.78 is 1.43. The first kappa shape index (κ1) is 20.6. The van der Waals surface area contributed by atoms with Gasteiger partial charge in [0.25, 0.3) is 0 Å². The first-order chi connectivity index (χ1) is 9.58. The molecule has 0 atom stereocenters. The van der Waals surface area contributed by atoms with Crippen molar-refractivity contribution in [3.63, 3.8) is 0 Å². The van der Waals surface area contributed by atoms with Crippen LogP contribution in [0.4, 0.5) is 0 Å². The Labute approximate surface area is 153 Å². The third kappa shape index (κ3) is 7.57. The van der Waals surface area contributed by atoms with Crippen LogP contribution in [-0.2, 0) is 14.2 Å². The van der Waals surface area contributed by atoms with Crippen LogP contribution >= 0.6 is 46.0 Å². The number of hydrogen-bond acceptors (Lipinski definition) is 3. The summed E-state index contributed by atoms with van der Waals surface area (Å²) in [4.78, 5) is 6.61. The Balaban J connectivity index is 0.00000172. The molecule has 0 aliphatic carbocycles. The van der Waals surface area contributed by atoms with Gasteiger partial charge in [-0.2, -0.15) is 0 Å². The van der Waals surface area contributed by atoms with E-state index in [0.717, 1.165) is 24.1 Å². The average Bonchev–Trinajstić information content (AvgIpc) is 2.46. The molecule has 0 aliphatic rings. The fraction of sp³-hybridized carbons (Fsp3) is 0.462. The van der Waals surface area contributed by atoms with Crippen LogP contribution in [-0.4, -0.2) is 37.3 Å². The molecule has 0 bridgehead atoms. The zero-order chi connectivity index (χ0) is 15.5. The van der Waals surface area contributed by atoms with E-state index in [0.29, 0.717) is 16.6 Å². The molecule has 0 heterocycles. The zero-order valence-electron chi connectivity index (χ0n) is 11.3. The van der Waals surface area contributed by atoms with Crippen LogP contribution in [0.5, 0.6) is 5.75 Å². The van der Waals surface area contributed by atoms with E-state index in [9.17, 15) is 5.11 Å². The molecule has 117 valence electrons. The van der Waals surface area contributed by atoms with E-state index in [1.54, 1.807) is 18.3 Å². The summed E-state index contributed by atoms with van der Waals surface area (Å²) in [5.41, 5.74) is 0.607. The van der Waals surface area contributed by atoms with Crippen molar-refractivity contribution in [1.29, 1.82) is 0 Å². The Hall–Kier alpha value is 0.609. The van der Waals surface area contributed by atoms with Crippen molar-refractivity contribution in [2.75, 3.05) is 26.2 Å². The molecule has 1 aromatic carbocycles. The molecule has 20 heavy (non-hydrogen) atoms. The van der Waals surface area contributed by atoms with Gasteiger partial charge in [0.2, 0.25) is 0 Å². The molecule has 0 saturated heterocycles. The van der Waals surface area contributed by atoms with E-state index in [1.807, 2.05) is 0 Å². The zero-order valence-corrected chi connectivity index (χ0v) is 17.0. The second kappa shape index (κ2) is 12.2. The van der Waals surface area contributed by atoms with Crippen LogP contribution < -0.4 is 5.11 Å². The van der Waals surface area contributed by atoms with Crippen molar-refractivity contribution in [1.82, 2.24) is 4.90 Å². The van der Waals surface area contributed by atoms with Gasteiger partial charge in [0.15, 0.2) is 0 Å². The van der Waals surface area contributed by atoms with Crippen molar-refractivity contribution < 1.29 is 19.3 Å². The molecule has 0 saturated carbocycles. The van der Waals surface area contributed by atoms with Gasteiger partial charge < -0.3 is 10.0 Å². The molecule has 0 spiro atoms. The topological polar surface area (TPSA) is 38.7 Å². The van der Waals surface area contributed by atoms with E-state index in [1.165, 1.54) is 0 Å². The van der Waals surface area contributed by atoms with Crippen molar-refractivity contribution in [3.05, 3.63) is 26.6 Å². The van der Waals surface area contributed by atoms with Gasteiger partial charge in [-0.1, -0.05) is 51.5 Å². The molecule has 0 N–H and O–H groups in total. The van der Waals surface area contributed by atoms with E-state index >= 15 is 0 Å². The summed E-state index contributed by atoms with van der Waals surface area (Å²) in [7, 11) is 0. The van der Waals surface area contributed by atoms with Crippen molar-refractivity contribution in [2.24, 2.45) is 4.99 Å². The Morgan fingerprint density at radius 3 is 2.40 bits per heavy atom. The molecule has 0 amide bonds. The van der Waals surface area contributed by atoms with Crippen molar-refractivity contribution >= 4 is 52.2 Å². The molecular formula is C13H17Br3CuN2O. The fourth-order valence-electron chi connectivity index (χ4n) is 1.58. The predicted octanol–water partition coefficient (Wildman–Crippen LogP) is 3.89. The number of aliphatic imine (C=N–C) groups is 1. The second-order valence-electron chi connectivity index (χ2n) is 3.87. The summed E-state index contributed by atoms with van der Waals surface area (Å²) >= 11 is 13.1. The van der Waals surface area contributed by atoms with Crippen LogP contribution in [0, 0.1) is 0 Å². The number of nitrogens with zero attached hydrogens (tertiary/aromatic N) is 2. The Morgan fingerprint density at radius 1 is 1.25 bits per heavy atom. The van der Waals surface area contributed by atoms with Crippen molar-refractivity contribution in [2.45, 2.75) is 13.8 Å². The summed E-state index contributed by atoms with van der Waals surface area (Å²) in [6.07, 6.45) is 1.65. The molecule has 7 heteroatoms. The summed E-state index contributed by atoms with van der Waals surface area (Å²) in [6, 6.07) is 3.53. The molecule has 0 unspecified atom stereocenters. The van der Waals surface area contributed by atoms with Gasteiger partial charge in [0, 0.05) is 21.7 Å². The number of rotatable bonds is 6. The summed E-state index contributed by atoms with van der Waals surface area (Å²) in [5.74, 6) is -0.0233. The van der Waals surface area contributed by atoms with Gasteiger partial charge >= 0.3 is 28.3 Å². The maximum atomic E-state index is 11.8. The van der Waals surface area contributed by atoms with Crippen LogP contribution in [0.3, 0.4) is 0 Å². The van der Waals surface area contributed by atoms with Crippen LogP contribution in [0.25, 0.3) is 0 Å².